The van der Waals surface area contributed by atoms with Crippen LogP contribution < -0.4 is 4.90 Å². The van der Waals surface area contributed by atoms with Gasteiger partial charge in [0.1, 0.15) is 21.4 Å². The Morgan fingerprint density at radius 1 is 1.30 bits per heavy atom. The quantitative estimate of drug-likeness (QED) is 0.803. The van der Waals surface area contributed by atoms with Crippen molar-refractivity contribution in [2.45, 2.75) is 23.2 Å². The van der Waals surface area contributed by atoms with E-state index in [0.29, 0.717) is 10.7 Å². The third-order valence-electron chi connectivity index (χ3n) is 4.13. The van der Waals surface area contributed by atoms with E-state index in [4.69, 9.17) is 0 Å². The summed E-state index contributed by atoms with van der Waals surface area (Å²) in [5.41, 5.74) is 0.665. The molecule has 1 unspecified atom stereocenters. The second kappa shape index (κ2) is 7.24. The molecule has 0 radical (unpaired) electrons. The number of fused-ring (bicyclic) bond motifs is 1. The predicted molar refractivity (Wildman–Crippen MR) is 94.5 cm³/mol. The number of thioether (sulfide) groups is 1. The molecule has 2 aromatic rings. The lowest BCUT2D eigenvalue weighted by molar-refractivity contribution is -0.121. The van der Waals surface area contributed by atoms with Crippen molar-refractivity contribution in [1.82, 2.24) is 4.98 Å². The summed E-state index contributed by atoms with van der Waals surface area (Å²) < 4.78 is 30.6. The molecule has 2 heterocycles. The summed E-state index contributed by atoms with van der Waals surface area (Å²) in [4.78, 5) is 30.2. The molecular weight excluding hydrogens is 378 g/mol. The van der Waals surface area contributed by atoms with Gasteiger partial charge in [0.15, 0.2) is 0 Å². The van der Waals surface area contributed by atoms with Crippen LogP contribution in [0.15, 0.2) is 35.5 Å². The topological polar surface area (TPSA) is 79.7 Å². The number of esters is 1. The number of aliphatic hydroxyl groups excluding tert-OH is 1. The summed E-state index contributed by atoms with van der Waals surface area (Å²) in [5, 5.41) is 10.1. The van der Waals surface area contributed by atoms with Gasteiger partial charge in [-0.2, -0.15) is 0 Å². The van der Waals surface area contributed by atoms with Crippen LogP contribution in [0.1, 0.15) is 22.8 Å². The number of halogens is 2. The number of anilines is 1. The number of nitrogens with zero attached hydrogens (tertiary/aromatic N) is 2. The lowest BCUT2D eigenvalue weighted by atomic mass is 10.1. The minimum atomic E-state index is -1.21. The van der Waals surface area contributed by atoms with Gasteiger partial charge >= 0.3 is 5.97 Å². The van der Waals surface area contributed by atoms with E-state index >= 15 is 0 Å². The molecular formula is C18H16F2N2O4S. The van der Waals surface area contributed by atoms with E-state index in [1.54, 1.807) is 6.92 Å². The monoisotopic (exact) mass is 394 g/mol. The van der Waals surface area contributed by atoms with Gasteiger partial charge in [-0.05, 0) is 30.7 Å². The number of hydrogen-bond acceptors (Lipinski definition) is 6. The minimum absolute atomic E-state index is 0.132. The Balaban J connectivity index is 2.09. The number of hydrogen-bond donors (Lipinski definition) is 1. The summed E-state index contributed by atoms with van der Waals surface area (Å²) >= 11 is 1.06. The zero-order valence-electron chi connectivity index (χ0n) is 14.5. The number of aliphatic hydroxyl groups is 1. The van der Waals surface area contributed by atoms with Gasteiger partial charge in [-0.25, -0.2) is 18.6 Å². The Morgan fingerprint density at radius 2 is 1.96 bits per heavy atom. The van der Waals surface area contributed by atoms with Crippen LogP contribution in [0.2, 0.25) is 0 Å². The van der Waals surface area contributed by atoms with Crippen LogP contribution in [0.25, 0.3) is 0 Å². The molecule has 1 atom stereocenters. The Labute approximate surface area is 158 Å². The van der Waals surface area contributed by atoms with Gasteiger partial charge in [-0.3, -0.25) is 4.79 Å². The van der Waals surface area contributed by atoms with Crippen LogP contribution >= 0.6 is 11.8 Å². The van der Waals surface area contributed by atoms with E-state index in [0.717, 1.165) is 30.0 Å². The molecule has 1 N–H and O–H groups in total. The molecule has 0 spiro atoms. The van der Waals surface area contributed by atoms with Gasteiger partial charge in [0, 0.05) is 12.3 Å². The largest absolute Gasteiger partial charge is 0.465 e. The fourth-order valence-corrected chi connectivity index (χ4v) is 3.80. The van der Waals surface area contributed by atoms with Crippen LogP contribution in [-0.4, -0.2) is 40.4 Å². The molecule has 0 bridgehead atoms. The summed E-state index contributed by atoms with van der Waals surface area (Å²) in [6, 6.07) is 4.41. The number of carbonyl (C=O) groups is 2. The number of aromatic nitrogens is 1. The average Bonchev–Trinajstić information content (AvgIpc) is 2.63. The van der Waals surface area contributed by atoms with Crippen LogP contribution in [0, 0.1) is 11.6 Å². The minimum Gasteiger partial charge on any atom is -0.465 e. The molecule has 1 aromatic carbocycles. The summed E-state index contributed by atoms with van der Waals surface area (Å²) in [7, 11) is 1.22. The van der Waals surface area contributed by atoms with Crippen LogP contribution in [0.4, 0.5) is 14.5 Å². The van der Waals surface area contributed by atoms with Crippen molar-refractivity contribution in [3.63, 3.8) is 0 Å². The number of carbonyl (C=O) groups excluding carboxylic acids is 2. The molecule has 1 aliphatic rings. The van der Waals surface area contributed by atoms with E-state index in [2.05, 4.69) is 9.72 Å². The smallest absolute Gasteiger partial charge is 0.339 e. The molecule has 142 valence electrons. The first-order valence-corrected chi connectivity index (χ1v) is 8.74. The highest BCUT2D eigenvalue weighted by atomic mass is 32.2. The predicted octanol–water partition coefficient (Wildman–Crippen LogP) is 2.54. The molecule has 9 heteroatoms. The first-order chi connectivity index (χ1) is 12.8. The molecule has 0 aliphatic carbocycles. The lowest BCUT2D eigenvalue weighted by Crippen LogP contribution is -2.50. The maximum absolute atomic E-state index is 13.5. The first-order valence-electron chi connectivity index (χ1n) is 7.92. The number of rotatable bonds is 4. The van der Waals surface area contributed by atoms with Gasteiger partial charge in [0.05, 0.1) is 31.5 Å². The molecule has 1 amide bonds. The Morgan fingerprint density at radius 3 is 2.56 bits per heavy atom. The van der Waals surface area contributed by atoms with Crippen molar-refractivity contribution in [2.75, 3.05) is 18.6 Å². The summed E-state index contributed by atoms with van der Waals surface area (Å²) in [5.74, 6) is -2.63. The Kier molecular flexibility index (Phi) is 5.16. The second-order valence-electron chi connectivity index (χ2n) is 6.20. The summed E-state index contributed by atoms with van der Waals surface area (Å²) in [6.07, 6.45) is 1.31. The average molecular weight is 394 g/mol. The van der Waals surface area contributed by atoms with Crippen molar-refractivity contribution in [3.05, 3.63) is 53.2 Å². The highest BCUT2D eigenvalue weighted by Gasteiger charge is 2.44. The van der Waals surface area contributed by atoms with Crippen LogP contribution in [0.3, 0.4) is 0 Å². The third kappa shape index (κ3) is 3.65. The Bertz CT molecular complexity index is 904. The van der Waals surface area contributed by atoms with Gasteiger partial charge < -0.3 is 14.7 Å². The zero-order chi connectivity index (χ0) is 19.8. The number of benzene rings is 1. The molecule has 1 aromatic heterocycles. The van der Waals surface area contributed by atoms with Gasteiger partial charge in [-0.1, -0.05) is 11.8 Å². The van der Waals surface area contributed by atoms with Crippen molar-refractivity contribution in [3.8, 4) is 0 Å². The Hall–Kier alpha value is -2.52. The zero-order valence-corrected chi connectivity index (χ0v) is 15.3. The second-order valence-corrected chi connectivity index (χ2v) is 7.69. The molecule has 0 saturated carbocycles. The standard InChI is InChI=1S/C18H16F2N2O4S/c1-18(9-23)17(25)22(8-10-3-12(19)6-13(20)4-10)14-5-11(16(24)26-2)7-21-15(14)27-18/h3-7,23H,8-9H2,1-2H3. The van der Waals surface area contributed by atoms with E-state index in [-0.39, 0.29) is 17.7 Å². The molecule has 27 heavy (non-hydrogen) atoms. The fraction of sp³-hybridized carbons (Fsp3) is 0.278. The maximum atomic E-state index is 13.5. The highest BCUT2D eigenvalue weighted by molar-refractivity contribution is 8.01. The molecule has 3 rings (SSSR count). The van der Waals surface area contributed by atoms with Crippen molar-refractivity contribution < 1.29 is 28.2 Å². The van der Waals surface area contributed by atoms with Crippen molar-refractivity contribution in [2.24, 2.45) is 0 Å². The number of pyridine rings is 1. The van der Waals surface area contributed by atoms with E-state index in [1.165, 1.54) is 24.3 Å². The number of amides is 1. The van der Waals surface area contributed by atoms with Crippen LogP contribution in [-0.2, 0) is 16.1 Å². The normalized spacial score (nSPS) is 19.0. The number of ether oxygens (including phenoxy) is 1. The molecule has 0 fully saturated rings. The van der Waals surface area contributed by atoms with E-state index in [9.17, 15) is 23.5 Å². The molecule has 6 nitrogen and oxygen atoms in total. The van der Waals surface area contributed by atoms with E-state index < -0.39 is 34.9 Å². The first kappa shape index (κ1) is 19.2. The SMILES string of the molecule is COC(=O)c1cnc2c(c1)N(Cc1cc(F)cc(F)c1)C(=O)C(C)(CO)S2. The van der Waals surface area contributed by atoms with Crippen LogP contribution in [0.5, 0.6) is 0 Å². The number of methoxy groups -OCH3 is 1. The third-order valence-corrected chi connectivity index (χ3v) is 5.39. The van der Waals surface area contributed by atoms with Gasteiger partial charge in [0.25, 0.3) is 0 Å². The molecule has 0 saturated heterocycles. The highest BCUT2D eigenvalue weighted by Crippen LogP contribution is 2.44. The fourth-order valence-electron chi connectivity index (χ4n) is 2.74. The maximum Gasteiger partial charge on any atom is 0.339 e. The lowest BCUT2D eigenvalue weighted by Gasteiger charge is -2.38. The van der Waals surface area contributed by atoms with Gasteiger partial charge in [-0.15, -0.1) is 0 Å². The summed E-state index contributed by atoms with van der Waals surface area (Å²) in [6.45, 7) is 0.950. The molecule has 1 aliphatic heterocycles. The van der Waals surface area contributed by atoms with E-state index in [1.807, 2.05) is 0 Å². The van der Waals surface area contributed by atoms with Crippen molar-refractivity contribution >= 4 is 29.3 Å². The van der Waals surface area contributed by atoms with Gasteiger partial charge in [0.2, 0.25) is 5.91 Å². The van der Waals surface area contributed by atoms with Crippen molar-refractivity contribution in [1.29, 1.82) is 0 Å².